The Kier molecular flexibility index (Phi) is 4.23. The Morgan fingerprint density at radius 2 is 1.95 bits per heavy atom. The van der Waals surface area contributed by atoms with Gasteiger partial charge in [-0.3, -0.25) is 0 Å². The van der Waals surface area contributed by atoms with E-state index in [1.54, 1.807) is 14.2 Å². The van der Waals surface area contributed by atoms with Gasteiger partial charge in [0.15, 0.2) is 0 Å². The Morgan fingerprint density at radius 1 is 1.09 bits per heavy atom. The van der Waals surface area contributed by atoms with Crippen molar-refractivity contribution in [3.8, 4) is 28.4 Å². The summed E-state index contributed by atoms with van der Waals surface area (Å²) < 4.78 is 17.1. The lowest BCUT2D eigenvalue weighted by atomic mass is 9.94. The van der Waals surface area contributed by atoms with Gasteiger partial charge in [-0.25, -0.2) is 0 Å². The lowest BCUT2D eigenvalue weighted by molar-refractivity contribution is 0.170. The van der Waals surface area contributed by atoms with Crippen LogP contribution in [0.2, 0.25) is 0 Å². The topological polar surface area (TPSA) is 27.7 Å². The molecule has 0 radical (unpaired) electrons. The average molecular weight is 298 g/mol. The molecule has 22 heavy (non-hydrogen) atoms. The van der Waals surface area contributed by atoms with Crippen LogP contribution in [0.4, 0.5) is 0 Å². The second-order valence-electron chi connectivity index (χ2n) is 5.55. The zero-order valence-corrected chi connectivity index (χ0v) is 13.4. The van der Waals surface area contributed by atoms with E-state index in [9.17, 15) is 0 Å². The average Bonchev–Trinajstić information content (AvgIpc) is 2.60. The molecule has 1 heterocycles. The predicted octanol–water partition coefficient (Wildman–Crippen LogP) is 4.47. The van der Waals surface area contributed by atoms with Crippen LogP contribution in [0.5, 0.6) is 17.2 Å². The van der Waals surface area contributed by atoms with E-state index in [-0.39, 0.29) is 0 Å². The highest BCUT2D eigenvalue weighted by molar-refractivity contribution is 5.78. The monoisotopic (exact) mass is 298 g/mol. The highest BCUT2D eigenvalue weighted by Crippen LogP contribution is 2.42. The van der Waals surface area contributed by atoms with Gasteiger partial charge in [0.05, 0.1) is 20.3 Å². The van der Waals surface area contributed by atoms with E-state index in [4.69, 9.17) is 14.2 Å². The molecule has 0 bridgehead atoms. The maximum Gasteiger partial charge on any atom is 0.130 e. The second-order valence-corrected chi connectivity index (χ2v) is 5.55. The van der Waals surface area contributed by atoms with Crippen molar-refractivity contribution in [2.45, 2.75) is 32.3 Å². The number of para-hydroxylation sites is 1. The number of hydrogen-bond acceptors (Lipinski definition) is 3. The first-order valence-electron chi connectivity index (χ1n) is 7.77. The van der Waals surface area contributed by atoms with Crippen LogP contribution >= 0.6 is 0 Å². The minimum Gasteiger partial charge on any atom is -0.497 e. The third kappa shape index (κ3) is 2.63. The molecular weight excluding hydrogens is 276 g/mol. The third-order valence-electron chi connectivity index (χ3n) is 4.27. The first kappa shape index (κ1) is 14.8. The third-order valence-corrected chi connectivity index (χ3v) is 4.27. The van der Waals surface area contributed by atoms with E-state index < -0.39 is 0 Å². The van der Waals surface area contributed by atoms with Crippen molar-refractivity contribution in [2.75, 3.05) is 14.2 Å². The fourth-order valence-electron chi connectivity index (χ4n) is 2.98. The molecule has 3 nitrogen and oxygen atoms in total. The zero-order chi connectivity index (χ0) is 15.5. The largest absolute Gasteiger partial charge is 0.497 e. The molecule has 0 spiro atoms. The van der Waals surface area contributed by atoms with E-state index in [0.29, 0.717) is 6.10 Å². The van der Waals surface area contributed by atoms with Gasteiger partial charge in [0.25, 0.3) is 0 Å². The molecule has 3 rings (SSSR count). The summed E-state index contributed by atoms with van der Waals surface area (Å²) in [5, 5.41) is 0. The number of rotatable bonds is 4. The maximum atomic E-state index is 6.24. The van der Waals surface area contributed by atoms with Crippen LogP contribution in [0.1, 0.15) is 25.3 Å². The van der Waals surface area contributed by atoms with Crippen molar-refractivity contribution in [3.05, 3.63) is 42.0 Å². The Morgan fingerprint density at radius 3 is 2.68 bits per heavy atom. The quantitative estimate of drug-likeness (QED) is 0.833. The Balaban J connectivity index is 2.09. The van der Waals surface area contributed by atoms with E-state index in [0.717, 1.165) is 47.6 Å². The molecule has 2 aromatic rings. The van der Waals surface area contributed by atoms with Crippen LogP contribution in [-0.2, 0) is 6.42 Å². The first-order valence-corrected chi connectivity index (χ1v) is 7.77. The molecule has 0 fully saturated rings. The summed E-state index contributed by atoms with van der Waals surface area (Å²) in [6.07, 6.45) is 3.50. The van der Waals surface area contributed by atoms with Crippen LogP contribution < -0.4 is 14.2 Å². The number of aryl methyl sites for hydroxylation is 1. The van der Waals surface area contributed by atoms with Crippen molar-refractivity contribution in [1.29, 1.82) is 0 Å². The van der Waals surface area contributed by atoms with Gasteiger partial charge in [0.1, 0.15) is 17.2 Å². The highest BCUT2D eigenvalue weighted by Gasteiger charge is 2.22. The Hall–Kier alpha value is -2.16. The van der Waals surface area contributed by atoms with Crippen molar-refractivity contribution in [1.82, 2.24) is 0 Å². The Labute approximate surface area is 131 Å². The van der Waals surface area contributed by atoms with Crippen molar-refractivity contribution < 1.29 is 14.2 Å². The van der Waals surface area contributed by atoms with Gasteiger partial charge in [-0.1, -0.05) is 25.1 Å². The van der Waals surface area contributed by atoms with Crippen LogP contribution in [0.15, 0.2) is 36.4 Å². The molecule has 0 saturated heterocycles. The first-order chi connectivity index (χ1) is 10.8. The van der Waals surface area contributed by atoms with Gasteiger partial charge in [-0.05, 0) is 37.0 Å². The summed E-state index contributed by atoms with van der Waals surface area (Å²) in [5.74, 6) is 2.59. The van der Waals surface area contributed by atoms with Crippen molar-refractivity contribution in [2.24, 2.45) is 0 Å². The summed E-state index contributed by atoms with van der Waals surface area (Å²) >= 11 is 0. The van der Waals surface area contributed by atoms with Crippen molar-refractivity contribution >= 4 is 0 Å². The van der Waals surface area contributed by atoms with E-state index in [1.807, 2.05) is 18.2 Å². The molecule has 0 aliphatic carbocycles. The van der Waals surface area contributed by atoms with E-state index in [1.165, 1.54) is 5.56 Å². The molecule has 0 amide bonds. The predicted molar refractivity (Wildman–Crippen MR) is 88.0 cm³/mol. The number of benzene rings is 2. The SMILES string of the molecule is CC[C@H]1CCc2cccc(-c3ccc(OC)cc3OC)c2O1. The van der Waals surface area contributed by atoms with Crippen LogP contribution in [0.25, 0.3) is 11.1 Å². The fraction of sp³-hybridized carbons (Fsp3) is 0.368. The van der Waals surface area contributed by atoms with Crippen LogP contribution in [0, 0.1) is 0 Å². The minimum atomic E-state index is 0.304. The van der Waals surface area contributed by atoms with Crippen LogP contribution in [0.3, 0.4) is 0 Å². The molecule has 3 heteroatoms. The molecule has 0 saturated carbocycles. The van der Waals surface area contributed by atoms with Crippen LogP contribution in [-0.4, -0.2) is 20.3 Å². The van der Waals surface area contributed by atoms with E-state index >= 15 is 0 Å². The number of methoxy groups -OCH3 is 2. The summed E-state index contributed by atoms with van der Waals surface area (Å²) in [6.45, 7) is 2.17. The molecule has 2 aromatic carbocycles. The number of fused-ring (bicyclic) bond motifs is 1. The summed E-state index contributed by atoms with van der Waals surface area (Å²) in [5.41, 5.74) is 3.41. The standard InChI is InChI=1S/C19H22O3/c1-4-14-9-8-13-6-5-7-17(19(13)22-14)16-11-10-15(20-2)12-18(16)21-3/h5-7,10-12,14H,4,8-9H2,1-3H3/t14-/m0/s1. The van der Waals surface area contributed by atoms with Gasteiger partial charge in [-0.15, -0.1) is 0 Å². The highest BCUT2D eigenvalue weighted by atomic mass is 16.5. The maximum absolute atomic E-state index is 6.24. The molecule has 0 unspecified atom stereocenters. The summed E-state index contributed by atoms with van der Waals surface area (Å²) in [7, 11) is 3.34. The lowest BCUT2D eigenvalue weighted by Gasteiger charge is -2.27. The fourth-order valence-corrected chi connectivity index (χ4v) is 2.98. The van der Waals surface area contributed by atoms with Gasteiger partial charge in [0, 0.05) is 17.2 Å². The normalized spacial score (nSPS) is 16.6. The molecule has 1 atom stereocenters. The van der Waals surface area contributed by atoms with Gasteiger partial charge < -0.3 is 14.2 Å². The molecule has 0 N–H and O–H groups in total. The molecular formula is C19H22O3. The molecule has 1 aliphatic rings. The zero-order valence-electron chi connectivity index (χ0n) is 13.4. The molecule has 116 valence electrons. The molecule has 1 aliphatic heterocycles. The second kappa shape index (κ2) is 6.30. The summed E-state index contributed by atoms with van der Waals surface area (Å²) in [4.78, 5) is 0. The smallest absolute Gasteiger partial charge is 0.130 e. The van der Waals surface area contributed by atoms with Gasteiger partial charge >= 0.3 is 0 Å². The van der Waals surface area contributed by atoms with Crippen molar-refractivity contribution in [3.63, 3.8) is 0 Å². The molecule has 0 aromatic heterocycles. The Bertz CT molecular complexity index is 664. The minimum absolute atomic E-state index is 0.304. The summed E-state index contributed by atoms with van der Waals surface area (Å²) in [6, 6.07) is 12.2. The van der Waals surface area contributed by atoms with E-state index in [2.05, 4.69) is 25.1 Å². The number of ether oxygens (including phenoxy) is 3. The van der Waals surface area contributed by atoms with Gasteiger partial charge in [0.2, 0.25) is 0 Å². The van der Waals surface area contributed by atoms with Gasteiger partial charge in [-0.2, -0.15) is 0 Å². The lowest BCUT2D eigenvalue weighted by Crippen LogP contribution is -2.22. The number of hydrogen-bond donors (Lipinski definition) is 0.